The summed E-state index contributed by atoms with van der Waals surface area (Å²) < 4.78 is 5.68. The quantitative estimate of drug-likeness (QED) is 0.913. The average molecular weight is 291 g/mol. The van der Waals surface area contributed by atoms with Gasteiger partial charge in [-0.1, -0.05) is 50.6 Å². The molecule has 3 rings (SSSR count). The third-order valence-electron chi connectivity index (χ3n) is 5.82. The Hall–Kier alpha value is -0.900. The Morgan fingerprint density at radius 1 is 1.19 bits per heavy atom. The molecule has 118 valence electrons. The molecule has 2 unspecified atom stereocenters. The summed E-state index contributed by atoms with van der Waals surface area (Å²) in [6.45, 7) is 2.93. The third kappa shape index (κ3) is 3.01. The van der Waals surface area contributed by atoms with Crippen LogP contribution in [0.5, 0.6) is 0 Å². The van der Waals surface area contributed by atoms with E-state index >= 15 is 0 Å². The van der Waals surface area contributed by atoms with Crippen LogP contribution in [0.4, 0.5) is 0 Å². The molecule has 2 aliphatic rings. The van der Waals surface area contributed by atoms with Crippen LogP contribution in [0, 0.1) is 5.92 Å². The molecule has 2 aliphatic carbocycles. The van der Waals surface area contributed by atoms with E-state index in [1.165, 1.54) is 51.4 Å². The maximum Gasteiger partial charge on any atom is 0.234 e. The van der Waals surface area contributed by atoms with Crippen LogP contribution in [0.15, 0.2) is 4.52 Å². The zero-order chi connectivity index (χ0) is 14.7. The maximum atomic E-state index is 6.07. The topological polar surface area (TPSA) is 64.9 Å². The Morgan fingerprint density at radius 2 is 2.00 bits per heavy atom. The van der Waals surface area contributed by atoms with E-state index in [1.54, 1.807) is 0 Å². The number of hydrogen-bond donors (Lipinski definition) is 1. The first-order chi connectivity index (χ1) is 10.3. The summed E-state index contributed by atoms with van der Waals surface area (Å²) in [6, 6.07) is 0. The van der Waals surface area contributed by atoms with Crippen LogP contribution in [0.1, 0.15) is 88.8 Å². The number of aromatic nitrogens is 2. The van der Waals surface area contributed by atoms with Gasteiger partial charge in [0.25, 0.3) is 0 Å². The highest BCUT2D eigenvalue weighted by Gasteiger charge is 2.38. The fraction of sp³-hybridized carbons (Fsp3) is 0.882. The summed E-state index contributed by atoms with van der Waals surface area (Å²) in [7, 11) is 0. The van der Waals surface area contributed by atoms with Gasteiger partial charge in [0.1, 0.15) is 0 Å². The molecular weight excluding hydrogens is 262 g/mol. The number of nitrogens with two attached hydrogens (primary N) is 1. The van der Waals surface area contributed by atoms with Gasteiger partial charge in [0.05, 0.1) is 5.41 Å². The lowest BCUT2D eigenvalue weighted by molar-refractivity contribution is 0.219. The van der Waals surface area contributed by atoms with Crippen molar-refractivity contribution in [1.29, 1.82) is 0 Å². The van der Waals surface area contributed by atoms with Gasteiger partial charge < -0.3 is 10.3 Å². The molecule has 4 heteroatoms. The predicted molar refractivity (Wildman–Crippen MR) is 83.1 cm³/mol. The van der Waals surface area contributed by atoms with E-state index in [2.05, 4.69) is 12.1 Å². The molecule has 0 bridgehead atoms. The zero-order valence-corrected chi connectivity index (χ0v) is 13.3. The summed E-state index contributed by atoms with van der Waals surface area (Å²) in [6.07, 6.45) is 12.4. The summed E-state index contributed by atoms with van der Waals surface area (Å²) in [5.41, 5.74) is 6.03. The smallest absolute Gasteiger partial charge is 0.234 e. The van der Waals surface area contributed by atoms with Crippen LogP contribution in [0.2, 0.25) is 0 Å². The van der Waals surface area contributed by atoms with Gasteiger partial charge in [0.2, 0.25) is 5.89 Å². The Bertz CT molecular complexity index is 451. The standard InChI is InChI=1S/C17H29N3O/c1-2-13-7-6-8-14(11-13)15-19-16(21-20-15)17(12-18)9-4-3-5-10-17/h13-14H,2-12,18H2,1H3. The molecule has 4 nitrogen and oxygen atoms in total. The lowest BCUT2D eigenvalue weighted by atomic mass is 9.74. The SMILES string of the molecule is CCC1CCCC(c2noc(C3(CN)CCCCC3)n2)C1. The van der Waals surface area contributed by atoms with E-state index in [0.717, 1.165) is 30.5 Å². The first-order valence-corrected chi connectivity index (χ1v) is 8.81. The van der Waals surface area contributed by atoms with Gasteiger partial charge in [-0.15, -0.1) is 0 Å². The molecule has 1 aromatic rings. The molecule has 1 heterocycles. The van der Waals surface area contributed by atoms with Crippen LogP contribution in [0.3, 0.4) is 0 Å². The van der Waals surface area contributed by atoms with E-state index in [-0.39, 0.29) is 5.41 Å². The second-order valence-corrected chi connectivity index (χ2v) is 7.14. The fourth-order valence-electron chi connectivity index (χ4n) is 4.25. The lowest BCUT2D eigenvalue weighted by Crippen LogP contribution is -2.37. The minimum atomic E-state index is -0.0394. The van der Waals surface area contributed by atoms with Crippen LogP contribution >= 0.6 is 0 Å². The minimum absolute atomic E-state index is 0.0394. The molecule has 0 radical (unpaired) electrons. The van der Waals surface area contributed by atoms with Crippen molar-refractivity contribution in [2.24, 2.45) is 11.7 Å². The molecule has 2 saturated carbocycles. The average Bonchev–Trinajstić information content (AvgIpc) is 3.06. The summed E-state index contributed by atoms with van der Waals surface area (Å²) in [5.74, 6) is 3.10. The molecule has 21 heavy (non-hydrogen) atoms. The molecule has 0 aromatic carbocycles. The molecule has 0 amide bonds. The van der Waals surface area contributed by atoms with E-state index in [9.17, 15) is 0 Å². The minimum Gasteiger partial charge on any atom is -0.339 e. The van der Waals surface area contributed by atoms with Crippen molar-refractivity contribution in [1.82, 2.24) is 10.1 Å². The monoisotopic (exact) mass is 291 g/mol. The third-order valence-corrected chi connectivity index (χ3v) is 5.82. The highest BCUT2D eigenvalue weighted by molar-refractivity contribution is 5.10. The summed E-state index contributed by atoms with van der Waals surface area (Å²) in [5, 5.41) is 4.34. The van der Waals surface area contributed by atoms with Gasteiger partial charge in [0, 0.05) is 12.5 Å². The van der Waals surface area contributed by atoms with E-state index in [0.29, 0.717) is 12.5 Å². The van der Waals surface area contributed by atoms with E-state index < -0.39 is 0 Å². The summed E-state index contributed by atoms with van der Waals surface area (Å²) in [4.78, 5) is 4.81. The van der Waals surface area contributed by atoms with Gasteiger partial charge in [0.15, 0.2) is 5.82 Å². The van der Waals surface area contributed by atoms with E-state index in [1.807, 2.05) is 0 Å². The zero-order valence-electron chi connectivity index (χ0n) is 13.3. The van der Waals surface area contributed by atoms with Crippen LogP contribution in [-0.4, -0.2) is 16.7 Å². The van der Waals surface area contributed by atoms with Crippen molar-refractivity contribution < 1.29 is 4.52 Å². The number of rotatable bonds is 4. The summed E-state index contributed by atoms with van der Waals surface area (Å²) >= 11 is 0. The fourth-order valence-corrected chi connectivity index (χ4v) is 4.25. The van der Waals surface area contributed by atoms with Gasteiger partial charge >= 0.3 is 0 Å². The molecule has 0 saturated heterocycles. The Kier molecular flexibility index (Phi) is 4.63. The predicted octanol–water partition coefficient (Wildman–Crippen LogP) is 3.91. The van der Waals surface area contributed by atoms with Crippen molar-refractivity contribution in [2.45, 2.75) is 82.5 Å². The van der Waals surface area contributed by atoms with E-state index in [4.69, 9.17) is 15.2 Å². The van der Waals surface area contributed by atoms with Crippen molar-refractivity contribution in [2.75, 3.05) is 6.54 Å². The number of nitrogens with zero attached hydrogens (tertiary/aromatic N) is 2. The van der Waals surface area contributed by atoms with Gasteiger partial charge in [-0.05, 0) is 31.6 Å². The van der Waals surface area contributed by atoms with Crippen LogP contribution in [0.25, 0.3) is 0 Å². The van der Waals surface area contributed by atoms with Crippen molar-refractivity contribution in [3.05, 3.63) is 11.7 Å². The molecule has 1 aromatic heterocycles. The molecule has 2 atom stereocenters. The Labute approximate surface area is 127 Å². The molecule has 0 aliphatic heterocycles. The van der Waals surface area contributed by atoms with Gasteiger partial charge in [-0.25, -0.2) is 0 Å². The second kappa shape index (κ2) is 6.47. The molecule has 0 spiro atoms. The Balaban J connectivity index is 1.76. The van der Waals surface area contributed by atoms with Crippen LogP contribution in [-0.2, 0) is 5.41 Å². The van der Waals surface area contributed by atoms with Crippen molar-refractivity contribution in [3.63, 3.8) is 0 Å². The largest absolute Gasteiger partial charge is 0.339 e. The highest BCUT2D eigenvalue weighted by Crippen LogP contribution is 2.40. The molecular formula is C17H29N3O. The maximum absolute atomic E-state index is 6.07. The molecule has 2 fully saturated rings. The van der Waals surface area contributed by atoms with Gasteiger partial charge in [-0.3, -0.25) is 0 Å². The molecule has 2 N–H and O–H groups in total. The highest BCUT2D eigenvalue weighted by atomic mass is 16.5. The second-order valence-electron chi connectivity index (χ2n) is 7.14. The lowest BCUT2D eigenvalue weighted by Gasteiger charge is -2.32. The van der Waals surface area contributed by atoms with Crippen molar-refractivity contribution >= 4 is 0 Å². The van der Waals surface area contributed by atoms with Crippen molar-refractivity contribution in [3.8, 4) is 0 Å². The normalized spacial score (nSPS) is 29.4. The van der Waals surface area contributed by atoms with Crippen LogP contribution < -0.4 is 5.73 Å². The number of hydrogen-bond acceptors (Lipinski definition) is 4. The first-order valence-electron chi connectivity index (χ1n) is 8.81. The first kappa shape index (κ1) is 15.0. The Morgan fingerprint density at radius 3 is 2.71 bits per heavy atom. The van der Waals surface area contributed by atoms with Gasteiger partial charge in [-0.2, -0.15) is 4.98 Å².